The molecule has 2 bridgehead atoms. The minimum Gasteiger partial charge on any atom is -0.387 e. The lowest BCUT2D eigenvalue weighted by Crippen LogP contribution is -2.47. The number of ether oxygens (including phenoxy) is 2. The number of H-pyrrole nitrogens is 1. The third-order valence-electron chi connectivity index (χ3n) is 7.68. The number of imidazole rings is 2. The summed E-state index contributed by atoms with van der Waals surface area (Å²) in [5.41, 5.74) is 8.28. The van der Waals surface area contributed by atoms with Crippen LogP contribution in [-0.4, -0.2) is 108 Å². The monoisotopic (exact) mass is 698 g/mol. The van der Waals surface area contributed by atoms with Gasteiger partial charge in [-0.2, -0.15) is 4.98 Å². The summed E-state index contributed by atoms with van der Waals surface area (Å²) < 4.78 is 61.6. The Hall–Kier alpha value is -3.88. The maximum Gasteiger partial charge on any atom is 0.472 e. The number of phosphoric acid groups is 2. The number of aromatic nitrogens is 8. The second-order valence-corrected chi connectivity index (χ2v) is 13.4. The second-order valence-electron chi connectivity index (χ2n) is 10.5. The van der Waals surface area contributed by atoms with E-state index < -0.39 is 83.0 Å². The van der Waals surface area contributed by atoms with Crippen LogP contribution in [0.25, 0.3) is 22.3 Å². The van der Waals surface area contributed by atoms with Gasteiger partial charge in [-0.3, -0.25) is 37.0 Å². The first-order valence-corrected chi connectivity index (χ1v) is 16.4. The number of aromatic amines is 1. The maximum atomic E-state index is 13.4. The highest BCUT2D eigenvalue weighted by Gasteiger charge is 2.60. The number of nitrogen functional groups attached to an aromatic ring is 2. The number of nitrogens with two attached hydrogens (primary N) is 2. The Morgan fingerprint density at radius 1 is 0.979 bits per heavy atom. The molecule has 3 aliphatic rings. The molecule has 3 aliphatic heterocycles. The highest BCUT2D eigenvalue weighted by atomic mass is 31.2. The number of aliphatic hydroxyl groups is 2. The molecule has 3 saturated heterocycles. The van der Waals surface area contributed by atoms with E-state index in [1.807, 2.05) is 0 Å². The summed E-state index contributed by atoms with van der Waals surface area (Å²) in [6.45, 7) is -1.96. The lowest BCUT2D eigenvalue weighted by Gasteiger charge is -2.31. The Kier molecular flexibility index (Phi) is 7.48. The van der Waals surface area contributed by atoms with Crippen molar-refractivity contribution in [1.82, 2.24) is 39.0 Å². The minimum atomic E-state index is -5.27. The summed E-state index contributed by atoms with van der Waals surface area (Å²) in [4.78, 5) is 56.1. The number of rotatable bonds is 2. The maximum absolute atomic E-state index is 13.4. The molecule has 0 amide bonds. The van der Waals surface area contributed by atoms with Crippen LogP contribution in [0.15, 0.2) is 23.8 Å². The zero-order valence-corrected chi connectivity index (χ0v) is 25.2. The molecular weight excluding hydrogens is 674 g/mol. The van der Waals surface area contributed by atoms with Crippen LogP contribution in [-0.2, 0) is 36.7 Å². The van der Waals surface area contributed by atoms with Crippen LogP contribution in [0.3, 0.4) is 0 Å². The van der Waals surface area contributed by atoms with E-state index in [4.69, 9.17) is 45.5 Å². The number of hydrogen-bond acceptors (Lipinski definition) is 18. The lowest BCUT2D eigenvalue weighted by molar-refractivity contribution is -0.0961. The molecule has 9 N–H and O–H groups in total. The van der Waals surface area contributed by atoms with Crippen LogP contribution in [0.2, 0.25) is 0 Å². The molecule has 7 rings (SSSR count). The SMILES string of the molecule is C#C[C@@]12COP(=O)(O)O[C@@H]3[C@H](O)[C@@H](COP(=O)(O)O[C@H]1[C@@H](O)[C@H](n1cnc4c(N)ncnc41)O2)O[C@H]3n1cnc2c(=O)[nH]c(N)nc21. The number of nitrogens with zero attached hydrogens (tertiary/aromatic N) is 7. The van der Waals surface area contributed by atoms with Crippen molar-refractivity contribution in [2.24, 2.45) is 0 Å². The Morgan fingerprint density at radius 2 is 1.68 bits per heavy atom. The topological polar surface area (TPSA) is 330 Å². The van der Waals surface area contributed by atoms with Crippen molar-refractivity contribution in [3.63, 3.8) is 0 Å². The fourth-order valence-electron chi connectivity index (χ4n) is 5.50. The molecule has 0 saturated carbocycles. The summed E-state index contributed by atoms with van der Waals surface area (Å²) >= 11 is 0. The van der Waals surface area contributed by atoms with Crippen LogP contribution in [0.4, 0.5) is 11.8 Å². The Bertz CT molecular complexity index is 2080. The van der Waals surface area contributed by atoms with E-state index in [1.54, 1.807) is 0 Å². The molecule has 4 aromatic rings. The van der Waals surface area contributed by atoms with Gasteiger partial charge in [0.25, 0.3) is 5.56 Å². The normalized spacial score (nSPS) is 38.0. The first-order valence-electron chi connectivity index (χ1n) is 13.4. The van der Waals surface area contributed by atoms with Crippen LogP contribution >= 0.6 is 15.6 Å². The Labute approximate surface area is 260 Å². The molecule has 0 aliphatic carbocycles. The van der Waals surface area contributed by atoms with Crippen molar-refractivity contribution in [3.8, 4) is 12.3 Å². The molecule has 0 radical (unpaired) electrons. The molecule has 25 heteroatoms. The summed E-state index contributed by atoms with van der Waals surface area (Å²) in [6, 6.07) is 0. The largest absolute Gasteiger partial charge is 0.472 e. The van der Waals surface area contributed by atoms with Crippen molar-refractivity contribution in [1.29, 1.82) is 0 Å². The van der Waals surface area contributed by atoms with E-state index in [2.05, 4.69) is 35.8 Å². The molecule has 3 fully saturated rings. The first kappa shape index (κ1) is 31.7. The van der Waals surface area contributed by atoms with E-state index in [-0.39, 0.29) is 34.1 Å². The van der Waals surface area contributed by atoms with Crippen molar-refractivity contribution >= 4 is 49.7 Å². The molecule has 0 spiro atoms. The summed E-state index contributed by atoms with van der Waals surface area (Å²) in [6.07, 6.45) is -2.90. The van der Waals surface area contributed by atoms with Gasteiger partial charge in [-0.1, -0.05) is 5.92 Å². The van der Waals surface area contributed by atoms with Gasteiger partial charge in [-0.25, -0.2) is 29.1 Å². The molecule has 23 nitrogen and oxygen atoms in total. The Balaban J connectivity index is 1.25. The van der Waals surface area contributed by atoms with Crippen LogP contribution in [0.1, 0.15) is 12.5 Å². The predicted molar refractivity (Wildman–Crippen MR) is 151 cm³/mol. The molecule has 47 heavy (non-hydrogen) atoms. The van der Waals surface area contributed by atoms with Crippen LogP contribution in [0, 0.1) is 12.3 Å². The van der Waals surface area contributed by atoms with Crippen molar-refractivity contribution in [2.75, 3.05) is 24.7 Å². The minimum absolute atomic E-state index is 0.00579. The number of aliphatic hydroxyl groups excluding tert-OH is 2. The van der Waals surface area contributed by atoms with Crippen molar-refractivity contribution < 1.29 is 56.7 Å². The smallest absolute Gasteiger partial charge is 0.387 e. The number of fused-ring (bicyclic) bond motifs is 5. The number of terminal acetylenes is 1. The number of hydrogen-bond donors (Lipinski definition) is 7. The average Bonchev–Trinajstić information content (AvgIpc) is 3.76. The van der Waals surface area contributed by atoms with Gasteiger partial charge in [0.2, 0.25) is 5.95 Å². The van der Waals surface area contributed by atoms with Gasteiger partial charge in [0, 0.05) is 0 Å². The summed E-state index contributed by atoms with van der Waals surface area (Å²) in [7, 11) is -10.5. The predicted octanol–water partition coefficient (Wildman–Crippen LogP) is -2.34. The molecule has 10 atom stereocenters. The molecule has 2 unspecified atom stereocenters. The first-order chi connectivity index (χ1) is 22.2. The van der Waals surface area contributed by atoms with Crippen LogP contribution < -0.4 is 17.0 Å². The molecular formula is C22H24N10O13P2. The highest BCUT2D eigenvalue weighted by Crippen LogP contribution is 2.55. The van der Waals surface area contributed by atoms with E-state index >= 15 is 0 Å². The van der Waals surface area contributed by atoms with Crippen molar-refractivity contribution in [2.45, 2.75) is 48.6 Å². The van der Waals surface area contributed by atoms with Gasteiger partial charge in [0.15, 0.2) is 40.7 Å². The quantitative estimate of drug-likeness (QED) is 0.0851. The average molecular weight is 698 g/mol. The number of nitrogens with one attached hydrogen (secondary N) is 1. The third kappa shape index (κ3) is 5.30. The van der Waals surface area contributed by atoms with E-state index in [0.29, 0.717) is 0 Å². The van der Waals surface area contributed by atoms with Gasteiger partial charge >= 0.3 is 15.6 Å². The number of phosphoric ester groups is 2. The van der Waals surface area contributed by atoms with Gasteiger partial charge in [-0.05, 0) is 0 Å². The van der Waals surface area contributed by atoms with Crippen LogP contribution in [0.5, 0.6) is 0 Å². The van der Waals surface area contributed by atoms with E-state index in [0.717, 1.165) is 17.2 Å². The van der Waals surface area contributed by atoms with Gasteiger partial charge in [0.1, 0.15) is 49.0 Å². The molecule has 4 aromatic heterocycles. The standard InChI is InChI=1S/C22H24N10O13P2/c1-2-22-4-41-47(38,39)44-13-11(33)8(42-20(13)32-7-28-10-17(32)29-21(24)30-18(10)35)3-40-46(36,37)45-14(22)12(34)19(43-22)31-6-27-9-15(23)25-5-26-16(9)31/h1,5-8,11-14,19-20,33-34H,3-4H2,(H,36,37)(H,38,39)(H2,23,25,26)(H3,24,29,30,35)/t8-,11-,12-,13-,14+,19-,20-,22-/m1/s1. The summed E-state index contributed by atoms with van der Waals surface area (Å²) in [5.74, 6) is 1.86. The highest BCUT2D eigenvalue weighted by molar-refractivity contribution is 7.47. The zero-order valence-electron chi connectivity index (χ0n) is 23.4. The second kappa shape index (κ2) is 11.1. The van der Waals surface area contributed by atoms with Gasteiger partial charge in [0.05, 0.1) is 19.3 Å². The fourth-order valence-corrected chi connectivity index (χ4v) is 7.43. The zero-order chi connectivity index (χ0) is 33.5. The van der Waals surface area contributed by atoms with Gasteiger partial charge in [-0.15, -0.1) is 6.42 Å². The lowest BCUT2D eigenvalue weighted by atomic mass is 9.97. The third-order valence-corrected chi connectivity index (χ3v) is 9.62. The number of anilines is 2. The van der Waals surface area contributed by atoms with Gasteiger partial charge < -0.3 is 40.9 Å². The fraction of sp³-hybridized carbons (Fsp3) is 0.455. The molecule has 7 heterocycles. The molecule has 250 valence electrons. The molecule has 0 aromatic carbocycles. The van der Waals surface area contributed by atoms with E-state index in [1.165, 1.54) is 10.9 Å². The van der Waals surface area contributed by atoms with Crippen molar-refractivity contribution in [3.05, 3.63) is 29.3 Å². The summed E-state index contributed by atoms with van der Waals surface area (Å²) in [5, 5.41) is 22.4. The van der Waals surface area contributed by atoms with E-state index in [9.17, 15) is 33.9 Å². The Morgan fingerprint density at radius 3 is 2.43 bits per heavy atom.